The summed E-state index contributed by atoms with van der Waals surface area (Å²) in [7, 11) is 0. The molecule has 0 aromatic carbocycles. The van der Waals surface area contributed by atoms with Crippen LogP contribution in [0.2, 0.25) is 0 Å². The van der Waals surface area contributed by atoms with Crippen LogP contribution in [0.5, 0.6) is 0 Å². The zero-order valence-electron chi connectivity index (χ0n) is 10.2. The van der Waals surface area contributed by atoms with Gasteiger partial charge in [-0.25, -0.2) is 9.79 Å². The maximum atomic E-state index is 11.5. The van der Waals surface area contributed by atoms with Crippen LogP contribution in [0.15, 0.2) is 4.99 Å². The smallest absolute Gasteiger partial charge is 0.331 e. The number of ether oxygens (including phenoxy) is 2. The Morgan fingerprint density at radius 1 is 1.20 bits per heavy atom. The summed E-state index contributed by atoms with van der Waals surface area (Å²) >= 11 is 0. The zero-order chi connectivity index (χ0) is 11.8. The Balaban J connectivity index is 4.52. The van der Waals surface area contributed by atoms with E-state index in [-0.39, 0.29) is 11.9 Å². The van der Waals surface area contributed by atoms with Crippen molar-refractivity contribution in [2.24, 2.45) is 10.9 Å². The fourth-order valence-corrected chi connectivity index (χ4v) is 1.14. The predicted molar refractivity (Wildman–Crippen MR) is 60.0 cm³/mol. The second kappa shape index (κ2) is 7.26. The fourth-order valence-electron chi connectivity index (χ4n) is 1.14. The number of rotatable bonds is 5. The van der Waals surface area contributed by atoms with Crippen molar-refractivity contribution in [3.63, 3.8) is 0 Å². The topological polar surface area (TPSA) is 47.9 Å². The van der Waals surface area contributed by atoms with Crippen LogP contribution in [0, 0.1) is 5.92 Å². The lowest BCUT2D eigenvalue weighted by Gasteiger charge is -2.15. The van der Waals surface area contributed by atoms with Crippen molar-refractivity contribution >= 4 is 11.9 Å². The van der Waals surface area contributed by atoms with Crippen LogP contribution in [0.25, 0.3) is 0 Å². The third-order valence-corrected chi connectivity index (χ3v) is 1.83. The lowest BCUT2D eigenvalue weighted by Crippen LogP contribution is -2.28. The molecule has 0 aliphatic rings. The maximum Gasteiger partial charge on any atom is 0.331 e. The van der Waals surface area contributed by atoms with Crippen molar-refractivity contribution < 1.29 is 14.3 Å². The van der Waals surface area contributed by atoms with Gasteiger partial charge in [-0.2, -0.15) is 0 Å². The van der Waals surface area contributed by atoms with E-state index in [1.807, 2.05) is 20.8 Å². The molecule has 0 spiro atoms. The van der Waals surface area contributed by atoms with Gasteiger partial charge in [0, 0.05) is 6.92 Å². The number of hydrogen-bond donors (Lipinski definition) is 0. The van der Waals surface area contributed by atoms with E-state index in [4.69, 9.17) is 9.47 Å². The van der Waals surface area contributed by atoms with Crippen molar-refractivity contribution in [1.82, 2.24) is 0 Å². The minimum atomic E-state index is -0.462. The van der Waals surface area contributed by atoms with Crippen molar-refractivity contribution in [1.29, 1.82) is 0 Å². The number of carbonyl (C=O) groups is 1. The highest BCUT2D eigenvalue weighted by molar-refractivity contribution is 5.81. The van der Waals surface area contributed by atoms with Gasteiger partial charge in [0.2, 0.25) is 0 Å². The standard InChI is InChI=1S/C11H21NO3/c1-6-14-9(5)12-10(8(3)4)11(13)15-7-2/h8,10H,6-7H2,1-5H3. The Hall–Kier alpha value is -1.06. The molecule has 0 aliphatic carbocycles. The first-order valence-electron chi connectivity index (χ1n) is 5.36. The van der Waals surface area contributed by atoms with E-state index >= 15 is 0 Å². The number of esters is 1. The molecular formula is C11H21NO3. The summed E-state index contributed by atoms with van der Waals surface area (Å²) < 4.78 is 10.1. The molecule has 0 saturated carbocycles. The SMILES string of the molecule is CCOC(=O)C(N=C(C)OCC)C(C)C. The molecule has 15 heavy (non-hydrogen) atoms. The van der Waals surface area contributed by atoms with Crippen LogP contribution in [0.4, 0.5) is 0 Å². The molecular weight excluding hydrogens is 194 g/mol. The molecule has 4 heteroatoms. The predicted octanol–water partition coefficient (Wildman–Crippen LogP) is 2.03. The number of carbonyl (C=O) groups excluding carboxylic acids is 1. The molecule has 0 radical (unpaired) electrons. The number of aliphatic imine (C=N–C) groups is 1. The molecule has 0 amide bonds. The van der Waals surface area contributed by atoms with Crippen molar-refractivity contribution in [2.75, 3.05) is 13.2 Å². The van der Waals surface area contributed by atoms with Gasteiger partial charge < -0.3 is 9.47 Å². The summed E-state index contributed by atoms with van der Waals surface area (Å²) in [5.41, 5.74) is 0. The molecule has 0 aliphatic heterocycles. The average molecular weight is 215 g/mol. The van der Waals surface area contributed by atoms with Gasteiger partial charge in [0.05, 0.1) is 13.2 Å². The van der Waals surface area contributed by atoms with Crippen LogP contribution in [-0.2, 0) is 14.3 Å². The highest BCUT2D eigenvalue weighted by Crippen LogP contribution is 2.09. The second-order valence-corrected chi connectivity index (χ2v) is 3.52. The van der Waals surface area contributed by atoms with E-state index in [0.29, 0.717) is 19.1 Å². The van der Waals surface area contributed by atoms with Crippen molar-refractivity contribution in [3.05, 3.63) is 0 Å². The van der Waals surface area contributed by atoms with Crippen molar-refractivity contribution in [3.8, 4) is 0 Å². The van der Waals surface area contributed by atoms with Crippen LogP contribution in [0.3, 0.4) is 0 Å². The molecule has 88 valence electrons. The fraction of sp³-hybridized carbons (Fsp3) is 0.818. The van der Waals surface area contributed by atoms with Gasteiger partial charge in [-0.05, 0) is 19.8 Å². The van der Waals surface area contributed by atoms with Crippen LogP contribution in [0.1, 0.15) is 34.6 Å². The lowest BCUT2D eigenvalue weighted by atomic mass is 10.1. The molecule has 0 bridgehead atoms. The first-order chi connectivity index (χ1) is 7.02. The van der Waals surface area contributed by atoms with Crippen LogP contribution in [-0.4, -0.2) is 31.1 Å². The molecule has 0 fully saturated rings. The largest absolute Gasteiger partial charge is 0.481 e. The summed E-state index contributed by atoms with van der Waals surface area (Å²) in [6.07, 6.45) is 0. The molecule has 0 aromatic rings. The van der Waals surface area contributed by atoms with E-state index in [0.717, 1.165) is 0 Å². The Kier molecular flexibility index (Phi) is 6.75. The number of nitrogens with zero attached hydrogens (tertiary/aromatic N) is 1. The Morgan fingerprint density at radius 2 is 1.73 bits per heavy atom. The van der Waals surface area contributed by atoms with Gasteiger partial charge in [-0.1, -0.05) is 13.8 Å². The van der Waals surface area contributed by atoms with Gasteiger partial charge in [0.25, 0.3) is 0 Å². The Bertz CT molecular complexity index is 224. The number of hydrogen-bond acceptors (Lipinski definition) is 4. The quantitative estimate of drug-likeness (QED) is 0.400. The minimum absolute atomic E-state index is 0.111. The molecule has 4 nitrogen and oxygen atoms in total. The zero-order valence-corrected chi connectivity index (χ0v) is 10.2. The van der Waals surface area contributed by atoms with E-state index in [2.05, 4.69) is 4.99 Å². The van der Waals surface area contributed by atoms with Gasteiger partial charge in [0.15, 0.2) is 11.9 Å². The Morgan fingerprint density at radius 3 is 2.13 bits per heavy atom. The van der Waals surface area contributed by atoms with Crippen molar-refractivity contribution in [2.45, 2.75) is 40.7 Å². The van der Waals surface area contributed by atoms with Crippen LogP contribution >= 0.6 is 0 Å². The van der Waals surface area contributed by atoms with E-state index in [1.54, 1.807) is 13.8 Å². The lowest BCUT2D eigenvalue weighted by molar-refractivity contribution is -0.145. The third-order valence-electron chi connectivity index (χ3n) is 1.83. The molecule has 0 saturated heterocycles. The summed E-state index contributed by atoms with van der Waals surface area (Å²) in [6.45, 7) is 10.2. The van der Waals surface area contributed by atoms with E-state index < -0.39 is 6.04 Å². The average Bonchev–Trinajstić information content (AvgIpc) is 2.14. The van der Waals surface area contributed by atoms with Gasteiger partial charge in [-0.3, -0.25) is 0 Å². The first kappa shape index (κ1) is 13.9. The molecule has 1 atom stereocenters. The highest BCUT2D eigenvalue weighted by atomic mass is 16.5. The van der Waals surface area contributed by atoms with Gasteiger partial charge in [-0.15, -0.1) is 0 Å². The van der Waals surface area contributed by atoms with E-state index in [9.17, 15) is 4.79 Å². The monoisotopic (exact) mass is 215 g/mol. The maximum absolute atomic E-state index is 11.5. The normalized spacial score (nSPS) is 13.9. The molecule has 0 aromatic heterocycles. The second-order valence-electron chi connectivity index (χ2n) is 3.52. The summed E-state index contributed by atoms with van der Waals surface area (Å²) in [4.78, 5) is 15.7. The highest BCUT2D eigenvalue weighted by Gasteiger charge is 2.22. The molecule has 0 heterocycles. The van der Waals surface area contributed by atoms with Crippen LogP contribution < -0.4 is 0 Å². The molecule has 0 rings (SSSR count). The Labute approximate surface area is 91.7 Å². The summed E-state index contributed by atoms with van der Waals surface area (Å²) in [5, 5.41) is 0. The van der Waals surface area contributed by atoms with E-state index in [1.165, 1.54) is 0 Å². The molecule has 0 N–H and O–H groups in total. The molecule has 1 unspecified atom stereocenters. The van der Waals surface area contributed by atoms with Gasteiger partial charge >= 0.3 is 5.97 Å². The van der Waals surface area contributed by atoms with Gasteiger partial charge in [0.1, 0.15) is 0 Å². The summed E-state index contributed by atoms with van der Waals surface area (Å²) in [5.74, 6) is 0.357. The minimum Gasteiger partial charge on any atom is -0.481 e. The third kappa shape index (κ3) is 5.40. The first-order valence-corrected chi connectivity index (χ1v) is 5.36. The summed E-state index contributed by atoms with van der Waals surface area (Å²) in [6, 6.07) is -0.462.